The van der Waals surface area contributed by atoms with Crippen molar-refractivity contribution in [2.75, 3.05) is 0 Å². The second kappa shape index (κ2) is 6.00. The number of aliphatic hydroxyl groups is 1. The van der Waals surface area contributed by atoms with Crippen molar-refractivity contribution in [1.82, 2.24) is 0 Å². The molecule has 0 aliphatic rings. The molecule has 0 bridgehead atoms. The molecule has 2 unspecified atom stereocenters. The number of benzene rings is 1. The van der Waals surface area contributed by atoms with E-state index in [2.05, 4.69) is 31.9 Å². The molecule has 8 heteroatoms. The van der Waals surface area contributed by atoms with E-state index in [-0.39, 0.29) is 5.56 Å². The zero-order valence-corrected chi connectivity index (χ0v) is 15.7. The van der Waals surface area contributed by atoms with Crippen LogP contribution in [0.3, 0.4) is 0 Å². The van der Waals surface area contributed by atoms with Crippen LogP contribution < -0.4 is 0 Å². The minimum absolute atomic E-state index is 0.205. The fraction of sp³-hybridized carbons (Fsp3) is 0.500. The third-order valence-electron chi connectivity index (χ3n) is 2.93. The van der Waals surface area contributed by atoms with Gasteiger partial charge in [0, 0.05) is 5.56 Å². The van der Waals surface area contributed by atoms with Gasteiger partial charge in [-0.3, -0.25) is 0 Å². The SMILES string of the molecule is CC(C)(Br)C(O)(c1ccc(C(F)(F)F)cc1F)C(Br)I. The molecule has 0 radical (unpaired) electrons. The molecular formula is C12H11Br2F4IO. The van der Waals surface area contributed by atoms with Gasteiger partial charge in [0.25, 0.3) is 0 Å². The predicted molar refractivity (Wildman–Crippen MR) is 85.0 cm³/mol. The highest BCUT2D eigenvalue weighted by Gasteiger charge is 2.49. The molecule has 0 heterocycles. The summed E-state index contributed by atoms with van der Waals surface area (Å²) in [6, 6.07) is 2.12. The molecule has 0 saturated heterocycles. The number of hydrogen-bond acceptors (Lipinski definition) is 1. The summed E-state index contributed by atoms with van der Waals surface area (Å²) >= 11 is 8.28. The lowest BCUT2D eigenvalue weighted by atomic mass is 9.84. The molecule has 0 saturated carbocycles. The Hall–Kier alpha value is 0.590. The van der Waals surface area contributed by atoms with E-state index in [1.54, 1.807) is 13.8 Å². The average Bonchev–Trinajstić information content (AvgIpc) is 2.24. The van der Waals surface area contributed by atoms with E-state index >= 15 is 0 Å². The highest BCUT2D eigenvalue weighted by Crippen LogP contribution is 2.48. The van der Waals surface area contributed by atoms with Crippen LogP contribution in [-0.2, 0) is 11.8 Å². The lowest BCUT2D eigenvalue weighted by Crippen LogP contribution is -2.48. The van der Waals surface area contributed by atoms with Crippen LogP contribution in [0.5, 0.6) is 0 Å². The quantitative estimate of drug-likeness (QED) is 0.315. The van der Waals surface area contributed by atoms with Crippen molar-refractivity contribution >= 4 is 54.5 Å². The Morgan fingerprint density at radius 2 is 1.75 bits per heavy atom. The van der Waals surface area contributed by atoms with Gasteiger partial charge in [-0.2, -0.15) is 13.2 Å². The van der Waals surface area contributed by atoms with Crippen LogP contribution in [0.2, 0.25) is 0 Å². The fourth-order valence-electron chi connectivity index (χ4n) is 1.70. The van der Waals surface area contributed by atoms with Crippen molar-refractivity contribution < 1.29 is 22.7 Å². The molecule has 1 nitrogen and oxygen atoms in total. The van der Waals surface area contributed by atoms with Gasteiger partial charge in [0.15, 0.2) is 0 Å². The largest absolute Gasteiger partial charge is 0.416 e. The molecule has 1 aromatic carbocycles. The number of alkyl halides is 6. The second-order valence-electron chi connectivity index (χ2n) is 4.73. The van der Waals surface area contributed by atoms with E-state index in [0.29, 0.717) is 6.07 Å². The first-order valence-corrected chi connectivity index (χ1v) is 8.34. The maximum Gasteiger partial charge on any atom is 0.416 e. The molecule has 0 aromatic heterocycles. The number of hydrogen-bond donors (Lipinski definition) is 1. The first-order chi connectivity index (χ1) is 8.81. The Morgan fingerprint density at radius 1 is 1.25 bits per heavy atom. The molecule has 20 heavy (non-hydrogen) atoms. The highest BCUT2D eigenvalue weighted by atomic mass is 127. The van der Waals surface area contributed by atoms with Crippen molar-refractivity contribution in [2.45, 2.75) is 32.8 Å². The first-order valence-electron chi connectivity index (χ1n) is 5.38. The Morgan fingerprint density at radius 3 is 2.05 bits per heavy atom. The van der Waals surface area contributed by atoms with Gasteiger partial charge in [0.1, 0.15) is 14.3 Å². The van der Waals surface area contributed by atoms with E-state index in [0.717, 1.165) is 12.1 Å². The van der Waals surface area contributed by atoms with Gasteiger partial charge in [0.2, 0.25) is 0 Å². The van der Waals surface area contributed by atoms with Crippen molar-refractivity contribution in [3.63, 3.8) is 0 Å². The normalized spacial score (nSPS) is 17.7. The van der Waals surface area contributed by atoms with Gasteiger partial charge in [-0.05, 0) is 26.0 Å². The van der Waals surface area contributed by atoms with E-state index in [1.165, 1.54) is 0 Å². The van der Waals surface area contributed by atoms with Crippen molar-refractivity contribution in [2.24, 2.45) is 0 Å². The standard InChI is InChI=1S/C12H11Br2F4IO/c1-10(2,14)11(20,9(13)19)7-4-3-6(5-8(7)15)12(16,17)18/h3-5,9,20H,1-2H3. The summed E-state index contributed by atoms with van der Waals surface area (Å²) in [4.78, 5) is 0. The van der Waals surface area contributed by atoms with Crippen LogP contribution in [-0.4, -0.2) is 12.3 Å². The highest BCUT2D eigenvalue weighted by molar-refractivity contribution is 14.1. The monoisotopic (exact) mass is 532 g/mol. The molecule has 2 atom stereocenters. The van der Waals surface area contributed by atoms with Gasteiger partial charge < -0.3 is 5.11 Å². The zero-order chi connectivity index (χ0) is 15.9. The summed E-state index contributed by atoms with van der Waals surface area (Å²) in [6.07, 6.45) is -4.63. The zero-order valence-electron chi connectivity index (χ0n) is 10.4. The number of halogens is 7. The van der Waals surface area contributed by atoms with Crippen molar-refractivity contribution in [3.8, 4) is 0 Å². The maximum atomic E-state index is 14.1. The van der Waals surface area contributed by atoms with Crippen molar-refractivity contribution in [3.05, 3.63) is 35.1 Å². The molecule has 0 aliphatic heterocycles. The topological polar surface area (TPSA) is 20.2 Å². The van der Waals surface area contributed by atoms with E-state index in [1.807, 2.05) is 22.6 Å². The molecule has 0 amide bonds. The van der Waals surface area contributed by atoms with Gasteiger partial charge in [0.05, 0.1) is 9.89 Å². The van der Waals surface area contributed by atoms with Gasteiger partial charge in [-0.1, -0.05) is 60.5 Å². The van der Waals surface area contributed by atoms with Gasteiger partial charge >= 0.3 is 6.18 Å². The first kappa shape index (κ1) is 18.6. The predicted octanol–water partition coefficient (Wildman–Crippen LogP) is 5.36. The lowest BCUT2D eigenvalue weighted by molar-refractivity contribution is -0.137. The smallest absolute Gasteiger partial charge is 0.382 e. The van der Waals surface area contributed by atoms with Crippen LogP contribution in [0.15, 0.2) is 18.2 Å². The fourth-order valence-corrected chi connectivity index (χ4v) is 4.81. The summed E-state index contributed by atoms with van der Waals surface area (Å²) in [6.45, 7) is 3.22. The molecule has 0 aliphatic carbocycles. The molecule has 0 spiro atoms. The third kappa shape index (κ3) is 3.49. The Labute approximate surface area is 144 Å². The van der Waals surface area contributed by atoms with E-state index in [9.17, 15) is 22.7 Å². The van der Waals surface area contributed by atoms with E-state index in [4.69, 9.17) is 0 Å². The maximum absolute atomic E-state index is 14.1. The van der Waals surface area contributed by atoms with Crippen LogP contribution >= 0.6 is 54.5 Å². The summed E-state index contributed by atoms with van der Waals surface area (Å²) < 4.78 is 50.1. The average molecular weight is 534 g/mol. The molecular weight excluding hydrogens is 523 g/mol. The minimum atomic E-state index is -4.63. The second-order valence-corrected chi connectivity index (χ2v) is 10.6. The van der Waals surface area contributed by atoms with Gasteiger partial charge in [-0.25, -0.2) is 4.39 Å². The summed E-state index contributed by atoms with van der Waals surface area (Å²) in [5.74, 6) is -1.10. The lowest BCUT2D eigenvalue weighted by Gasteiger charge is -2.41. The molecule has 1 rings (SSSR count). The molecule has 1 N–H and O–H groups in total. The summed E-state index contributed by atoms with van der Waals surface area (Å²) in [5, 5.41) is 10.7. The van der Waals surface area contributed by atoms with Crippen LogP contribution in [0.4, 0.5) is 17.6 Å². The Bertz CT molecular complexity index is 499. The Balaban J connectivity index is 3.46. The summed E-state index contributed by atoms with van der Waals surface area (Å²) in [7, 11) is 0. The molecule has 1 aromatic rings. The molecule has 0 fully saturated rings. The van der Waals surface area contributed by atoms with Crippen LogP contribution in [0, 0.1) is 5.82 Å². The molecule has 114 valence electrons. The number of rotatable bonds is 3. The van der Waals surface area contributed by atoms with Crippen molar-refractivity contribution in [1.29, 1.82) is 0 Å². The van der Waals surface area contributed by atoms with Crippen LogP contribution in [0.25, 0.3) is 0 Å². The third-order valence-corrected chi connectivity index (χ3v) is 5.10. The van der Waals surface area contributed by atoms with Crippen LogP contribution in [0.1, 0.15) is 25.0 Å². The van der Waals surface area contributed by atoms with E-state index < -0.39 is 30.3 Å². The van der Waals surface area contributed by atoms with Gasteiger partial charge in [-0.15, -0.1) is 0 Å². The summed E-state index contributed by atoms with van der Waals surface area (Å²) in [5.41, 5.74) is -3.03. The minimum Gasteiger partial charge on any atom is -0.382 e. The Kier molecular flexibility index (Phi) is 5.59.